The summed E-state index contributed by atoms with van der Waals surface area (Å²) >= 11 is 1.58. The van der Waals surface area contributed by atoms with E-state index in [0.717, 1.165) is 67.7 Å². The zero-order chi connectivity index (χ0) is 20.9. The van der Waals surface area contributed by atoms with Crippen LogP contribution in [0.2, 0.25) is 0 Å². The summed E-state index contributed by atoms with van der Waals surface area (Å²) in [5.41, 5.74) is 6.33. The Kier molecular flexibility index (Phi) is 8.47. The smallest absolute Gasteiger partial charge is 0.305 e. The van der Waals surface area contributed by atoms with Crippen LogP contribution in [-0.2, 0) is 16.0 Å². The molecule has 4 rings (SSSR count). The number of ether oxygens (including phenoxy) is 1. The summed E-state index contributed by atoms with van der Waals surface area (Å²) in [5, 5.41) is 2.06. The van der Waals surface area contributed by atoms with E-state index in [9.17, 15) is 9.59 Å². The maximum absolute atomic E-state index is 12.8. The molecule has 6 heteroatoms. The van der Waals surface area contributed by atoms with Gasteiger partial charge in [0, 0.05) is 31.5 Å². The van der Waals surface area contributed by atoms with Gasteiger partial charge in [-0.05, 0) is 60.4 Å². The van der Waals surface area contributed by atoms with E-state index in [0.29, 0.717) is 12.8 Å². The third-order valence-electron chi connectivity index (χ3n) is 6.22. The molecule has 2 aliphatic rings. The lowest BCUT2D eigenvalue weighted by atomic mass is 9.87. The van der Waals surface area contributed by atoms with Gasteiger partial charge in [-0.2, -0.15) is 0 Å². The number of hydrogen-bond acceptors (Lipinski definition) is 5. The number of Topliss-reactive ketones (excluding diaryl/α,β-unsaturated/α-hetero) is 1. The van der Waals surface area contributed by atoms with Crippen LogP contribution < -0.4 is 0 Å². The Bertz CT molecular complexity index is 955. The minimum atomic E-state index is -0.112. The molecule has 0 unspecified atom stereocenters. The standard InChI is InChI=1S/C25H29NO3S.ClH/c1-29-23(28)9-3-2-6-13-26-14-10-18(11-15-26)24-20-8-5-4-7-19(20)17-22(27)25-21(24)12-16-30-25;/h4-5,7-8,12,16H,2-3,6,9-11,13-15,17H2,1H3;1H. The van der Waals surface area contributed by atoms with Gasteiger partial charge in [0.25, 0.3) is 0 Å². The third-order valence-corrected chi connectivity index (χ3v) is 7.18. The molecule has 0 radical (unpaired) electrons. The number of benzene rings is 1. The first-order valence-corrected chi connectivity index (χ1v) is 11.8. The summed E-state index contributed by atoms with van der Waals surface area (Å²) in [6, 6.07) is 10.6. The lowest BCUT2D eigenvalue weighted by molar-refractivity contribution is -0.140. The van der Waals surface area contributed by atoms with Crippen molar-refractivity contribution in [2.75, 3.05) is 26.7 Å². The number of ketones is 1. The Morgan fingerprint density at radius 1 is 1.06 bits per heavy atom. The first-order valence-electron chi connectivity index (χ1n) is 10.9. The third kappa shape index (κ3) is 5.46. The van der Waals surface area contributed by atoms with Gasteiger partial charge in [0.2, 0.25) is 0 Å². The summed E-state index contributed by atoms with van der Waals surface area (Å²) in [7, 11) is 1.45. The van der Waals surface area contributed by atoms with Gasteiger partial charge in [-0.1, -0.05) is 36.3 Å². The summed E-state index contributed by atoms with van der Waals surface area (Å²) in [6.07, 6.45) is 6.21. The lowest BCUT2D eigenvalue weighted by Crippen LogP contribution is -2.32. The highest BCUT2D eigenvalue weighted by Gasteiger charge is 2.27. The number of hydrogen-bond donors (Lipinski definition) is 0. The predicted molar refractivity (Wildman–Crippen MR) is 128 cm³/mol. The second-order valence-corrected chi connectivity index (χ2v) is 9.04. The molecule has 0 bridgehead atoms. The Hall–Kier alpha value is -1.95. The van der Waals surface area contributed by atoms with Crippen LogP contribution in [0.15, 0.2) is 41.3 Å². The molecule has 1 saturated heterocycles. The van der Waals surface area contributed by atoms with E-state index >= 15 is 0 Å². The second kappa shape index (κ2) is 11.1. The molecule has 31 heavy (non-hydrogen) atoms. The summed E-state index contributed by atoms with van der Waals surface area (Å²) in [5.74, 6) is 0.131. The quantitative estimate of drug-likeness (QED) is 0.420. The molecule has 0 atom stereocenters. The average Bonchev–Trinajstić information content (AvgIpc) is 3.21. The van der Waals surface area contributed by atoms with Crippen molar-refractivity contribution in [3.05, 3.63) is 62.9 Å². The number of halogens is 1. The van der Waals surface area contributed by atoms with E-state index in [1.165, 1.54) is 23.8 Å². The molecule has 4 nitrogen and oxygen atoms in total. The van der Waals surface area contributed by atoms with Gasteiger partial charge in [0.05, 0.1) is 12.0 Å². The molecule has 0 amide bonds. The molecule has 0 spiro atoms. The first kappa shape index (κ1) is 23.7. The molecule has 2 heterocycles. The van der Waals surface area contributed by atoms with Gasteiger partial charge in [-0.25, -0.2) is 0 Å². The van der Waals surface area contributed by atoms with Crippen LogP contribution in [0.25, 0.3) is 5.57 Å². The Balaban J connectivity index is 0.00000272. The van der Waals surface area contributed by atoms with Crippen molar-refractivity contribution in [2.45, 2.75) is 44.9 Å². The number of piperidine rings is 1. The van der Waals surface area contributed by atoms with Crippen LogP contribution in [0.4, 0.5) is 0 Å². The number of thiophene rings is 1. The Morgan fingerprint density at radius 2 is 1.84 bits per heavy atom. The zero-order valence-electron chi connectivity index (χ0n) is 18.0. The molecule has 1 fully saturated rings. The van der Waals surface area contributed by atoms with Crippen LogP contribution in [0, 0.1) is 0 Å². The number of unbranched alkanes of at least 4 members (excludes halogenated alkanes) is 2. The van der Waals surface area contributed by atoms with Crippen molar-refractivity contribution >= 4 is 41.1 Å². The molecule has 0 saturated carbocycles. The van der Waals surface area contributed by atoms with E-state index in [1.54, 1.807) is 11.3 Å². The normalized spacial score (nSPS) is 16.2. The monoisotopic (exact) mass is 459 g/mol. The number of nitrogens with zero attached hydrogens (tertiary/aromatic N) is 1. The van der Waals surface area contributed by atoms with Gasteiger partial charge in [0.1, 0.15) is 0 Å². The fraction of sp³-hybridized carbons (Fsp3) is 0.440. The number of likely N-dealkylation sites (tertiary alicyclic amines) is 1. The molecular formula is C25H30ClNO3S. The number of fused-ring (bicyclic) bond motifs is 2. The molecule has 0 N–H and O–H groups in total. The van der Waals surface area contributed by atoms with Crippen molar-refractivity contribution in [1.82, 2.24) is 4.90 Å². The topological polar surface area (TPSA) is 46.6 Å². The largest absolute Gasteiger partial charge is 0.469 e. The van der Waals surface area contributed by atoms with Crippen LogP contribution in [0.3, 0.4) is 0 Å². The van der Waals surface area contributed by atoms with E-state index in [4.69, 9.17) is 4.74 Å². The second-order valence-electron chi connectivity index (χ2n) is 8.13. The summed E-state index contributed by atoms with van der Waals surface area (Å²) in [4.78, 5) is 27.4. The molecule has 166 valence electrons. The van der Waals surface area contributed by atoms with Gasteiger partial charge < -0.3 is 9.64 Å². The van der Waals surface area contributed by atoms with Crippen molar-refractivity contribution < 1.29 is 14.3 Å². The van der Waals surface area contributed by atoms with E-state index in [1.807, 2.05) is 6.07 Å². The molecule has 2 aromatic rings. The van der Waals surface area contributed by atoms with Gasteiger partial charge >= 0.3 is 5.97 Å². The molecule has 1 aromatic heterocycles. The highest BCUT2D eigenvalue weighted by atomic mass is 35.5. The van der Waals surface area contributed by atoms with Crippen LogP contribution in [0.1, 0.15) is 64.9 Å². The minimum Gasteiger partial charge on any atom is -0.469 e. The number of esters is 1. The molecule has 1 aliphatic heterocycles. The van der Waals surface area contributed by atoms with Crippen LogP contribution in [-0.4, -0.2) is 43.4 Å². The first-order chi connectivity index (χ1) is 14.7. The average molecular weight is 460 g/mol. The van der Waals surface area contributed by atoms with E-state index in [2.05, 4.69) is 34.5 Å². The highest BCUT2D eigenvalue weighted by Crippen LogP contribution is 2.40. The number of carbonyl (C=O) groups is 2. The van der Waals surface area contributed by atoms with E-state index in [-0.39, 0.29) is 24.2 Å². The van der Waals surface area contributed by atoms with Crippen molar-refractivity contribution in [1.29, 1.82) is 0 Å². The molecule has 1 aliphatic carbocycles. The number of methoxy groups -OCH3 is 1. The van der Waals surface area contributed by atoms with E-state index < -0.39 is 0 Å². The lowest BCUT2D eigenvalue weighted by Gasteiger charge is -2.30. The number of carbonyl (C=O) groups excluding carboxylic acids is 2. The molecule has 1 aromatic carbocycles. The van der Waals surface area contributed by atoms with Gasteiger partial charge in [-0.3, -0.25) is 9.59 Å². The van der Waals surface area contributed by atoms with Crippen LogP contribution in [0.5, 0.6) is 0 Å². The summed E-state index contributed by atoms with van der Waals surface area (Å²) < 4.78 is 4.70. The van der Waals surface area contributed by atoms with Gasteiger partial charge in [-0.15, -0.1) is 23.7 Å². The fourth-order valence-electron chi connectivity index (χ4n) is 4.60. The summed E-state index contributed by atoms with van der Waals surface area (Å²) in [6.45, 7) is 3.21. The maximum atomic E-state index is 12.8. The van der Waals surface area contributed by atoms with Gasteiger partial charge in [0.15, 0.2) is 5.78 Å². The minimum absolute atomic E-state index is 0. The van der Waals surface area contributed by atoms with Crippen molar-refractivity contribution in [3.63, 3.8) is 0 Å². The number of rotatable bonds is 6. The van der Waals surface area contributed by atoms with Crippen molar-refractivity contribution in [3.8, 4) is 0 Å². The zero-order valence-corrected chi connectivity index (χ0v) is 19.7. The van der Waals surface area contributed by atoms with Crippen molar-refractivity contribution in [2.24, 2.45) is 0 Å². The predicted octanol–water partition coefficient (Wildman–Crippen LogP) is 5.54. The fourth-order valence-corrected chi connectivity index (χ4v) is 5.44. The SMILES string of the molecule is COC(=O)CCCCCN1CCC(=C2c3ccccc3CC(=O)c3sccc32)CC1.Cl. The molecular weight excluding hydrogens is 430 g/mol. The van der Waals surface area contributed by atoms with Crippen LogP contribution >= 0.6 is 23.7 Å². The Labute approximate surface area is 194 Å². The Morgan fingerprint density at radius 3 is 2.61 bits per heavy atom. The maximum Gasteiger partial charge on any atom is 0.305 e. The highest BCUT2D eigenvalue weighted by molar-refractivity contribution is 7.12.